The number of carbonyl (C=O) groups excluding carboxylic acids is 1. The third-order valence-corrected chi connectivity index (χ3v) is 5.22. The summed E-state index contributed by atoms with van der Waals surface area (Å²) in [5, 5.41) is 2.77. The fraction of sp³-hybridized carbons (Fsp3) is 0.143. The summed E-state index contributed by atoms with van der Waals surface area (Å²) in [4.78, 5) is 18.0. The maximum Gasteiger partial charge on any atom is 0.255 e. The molecule has 0 spiro atoms. The summed E-state index contributed by atoms with van der Waals surface area (Å²) in [5.41, 5.74) is 8.05. The quantitative estimate of drug-likeness (QED) is 0.619. The van der Waals surface area contributed by atoms with E-state index in [-0.39, 0.29) is 17.3 Å². The highest BCUT2D eigenvalue weighted by atomic mass is 32.2. The Morgan fingerprint density at radius 3 is 2.56 bits per heavy atom. The third-order valence-electron chi connectivity index (χ3n) is 4.09. The van der Waals surface area contributed by atoms with Crippen molar-refractivity contribution in [2.45, 2.75) is 29.7 Å². The number of nitrogens with one attached hydrogen (secondary N) is 1. The molecule has 0 unspecified atom stereocenters. The number of aromatic nitrogens is 1. The molecule has 3 N–H and O–H groups in total. The van der Waals surface area contributed by atoms with Crippen molar-refractivity contribution < 1.29 is 9.18 Å². The number of carbonyl (C=O) groups is 1. The van der Waals surface area contributed by atoms with Crippen LogP contribution < -0.4 is 11.1 Å². The smallest absolute Gasteiger partial charge is 0.255 e. The van der Waals surface area contributed by atoms with Gasteiger partial charge in [0.2, 0.25) is 5.95 Å². The Labute approximate surface area is 162 Å². The lowest BCUT2D eigenvalue weighted by Crippen LogP contribution is -2.24. The molecule has 27 heavy (non-hydrogen) atoms. The fourth-order valence-electron chi connectivity index (χ4n) is 2.62. The predicted octanol–water partition coefficient (Wildman–Crippen LogP) is 4.45. The van der Waals surface area contributed by atoms with Crippen LogP contribution in [0.15, 0.2) is 70.5 Å². The Kier molecular flexibility index (Phi) is 6.08. The maximum atomic E-state index is 13.0. The topological polar surface area (TPSA) is 68.0 Å². The van der Waals surface area contributed by atoms with Gasteiger partial charge >= 0.3 is 0 Å². The average molecular weight is 381 g/mol. The highest BCUT2D eigenvalue weighted by Gasteiger charge is 2.11. The number of aryl methyl sites for hydroxylation is 1. The van der Waals surface area contributed by atoms with Gasteiger partial charge in [-0.05, 0) is 47.9 Å². The fourth-order valence-corrected chi connectivity index (χ4v) is 3.63. The third kappa shape index (κ3) is 4.86. The number of hydrogen-bond acceptors (Lipinski definition) is 4. The largest absolute Gasteiger partial charge is 0.383 e. The van der Waals surface area contributed by atoms with Crippen LogP contribution >= 0.6 is 11.8 Å². The normalized spacial score (nSPS) is 10.6. The van der Waals surface area contributed by atoms with E-state index in [1.54, 1.807) is 11.8 Å². The van der Waals surface area contributed by atoms with Crippen LogP contribution in [-0.4, -0.2) is 10.9 Å². The Morgan fingerprint density at radius 1 is 1.11 bits per heavy atom. The van der Waals surface area contributed by atoms with Crippen molar-refractivity contribution in [3.05, 3.63) is 83.3 Å². The van der Waals surface area contributed by atoms with Crippen molar-refractivity contribution in [1.29, 1.82) is 0 Å². The van der Waals surface area contributed by atoms with E-state index in [0.717, 1.165) is 22.9 Å². The molecule has 2 aromatic carbocycles. The van der Waals surface area contributed by atoms with Gasteiger partial charge in [-0.15, -0.1) is 0 Å². The summed E-state index contributed by atoms with van der Waals surface area (Å²) in [6.07, 6.45) is 0.995. The molecule has 0 aliphatic carbocycles. The summed E-state index contributed by atoms with van der Waals surface area (Å²) >= 11 is 1.72. The van der Waals surface area contributed by atoms with E-state index in [2.05, 4.69) is 35.4 Å². The lowest BCUT2D eigenvalue weighted by atomic mass is 10.2. The molecule has 0 saturated carbocycles. The van der Waals surface area contributed by atoms with E-state index in [9.17, 15) is 9.18 Å². The Morgan fingerprint density at radius 2 is 1.85 bits per heavy atom. The van der Waals surface area contributed by atoms with Gasteiger partial charge in [0.25, 0.3) is 5.91 Å². The first kappa shape index (κ1) is 18.9. The molecule has 0 radical (unpaired) electrons. The molecule has 4 nitrogen and oxygen atoms in total. The maximum absolute atomic E-state index is 13.0. The molecule has 3 rings (SSSR count). The molecule has 0 atom stereocenters. The Bertz CT molecular complexity index is 944. The van der Waals surface area contributed by atoms with Crippen LogP contribution in [0.4, 0.5) is 10.2 Å². The molecular weight excluding hydrogens is 361 g/mol. The summed E-state index contributed by atoms with van der Waals surface area (Å²) in [6.45, 7) is 2.50. The molecule has 0 fully saturated rings. The number of hydrogen-bond donors (Lipinski definition) is 2. The molecule has 0 bridgehead atoms. The molecule has 138 valence electrons. The van der Waals surface area contributed by atoms with Crippen LogP contribution in [0.25, 0.3) is 0 Å². The van der Waals surface area contributed by atoms with Gasteiger partial charge in [0, 0.05) is 16.3 Å². The number of pyridine rings is 1. The van der Waals surface area contributed by atoms with E-state index < -0.39 is 5.95 Å². The SMILES string of the molecule is CCc1ccccc1Sc1ccc(CNC(=O)c2ccc(F)nc2N)cc1. The van der Waals surface area contributed by atoms with Crippen LogP contribution in [0.1, 0.15) is 28.4 Å². The van der Waals surface area contributed by atoms with Gasteiger partial charge in [0.05, 0.1) is 5.56 Å². The van der Waals surface area contributed by atoms with Crippen LogP contribution in [0, 0.1) is 5.95 Å². The summed E-state index contributed by atoms with van der Waals surface area (Å²) in [6, 6.07) is 18.8. The number of nitrogens with two attached hydrogens (primary N) is 1. The summed E-state index contributed by atoms with van der Waals surface area (Å²) in [7, 11) is 0. The highest BCUT2D eigenvalue weighted by molar-refractivity contribution is 7.99. The number of halogens is 1. The van der Waals surface area contributed by atoms with Gasteiger partial charge in [-0.2, -0.15) is 4.39 Å². The number of anilines is 1. The molecule has 0 aliphatic heterocycles. The summed E-state index contributed by atoms with van der Waals surface area (Å²) in [5.74, 6) is -1.20. The van der Waals surface area contributed by atoms with Crippen molar-refractivity contribution in [3.8, 4) is 0 Å². The lowest BCUT2D eigenvalue weighted by Gasteiger charge is -2.09. The molecule has 0 saturated heterocycles. The van der Waals surface area contributed by atoms with Gasteiger partial charge in [0.1, 0.15) is 5.82 Å². The summed E-state index contributed by atoms with van der Waals surface area (Å²) < 4.78 is 13.0. The van der Waals surface area contributed by atoms with E-state index in [4.69, 9.17) is 5.73 Å². The van der Waals surface area contributed by atoms with Crippen LogP contribution in [0.2, 0.25) is 0 Å². The molecule has 3 aromatic rings. The zero-order valence-corrected chi connectivity index (χ0v) is 15.7. The van der Waals surface area contributed by atoms with E-state index in [1.807, 2.05) is 30.3 Å². The first-order chi connectivity index (χ1) is 13.1. The Balaban J connectivity index is 1.61. The molecule has 0 aliphatic rings. The monoisotopic (exact) mass is 381 g/mol. The van der Waals surface area contributed by atoms with Gasteiger partial charge in [0.15, 0.2) is 0 Å². The molecule has 1 heterocycles. The van der Waals surface area contributed by atoms with Gasteiger partial charge < -0.3 is 11.1 Å². The number of benzene rings is 2. The number of rotatable bonds is 6. The molecule has 6 heteroatoms. The minimum absolute atomic E-state index is 0.117. The Hall–Kier alpha value is -2.86. The lowest BCUT2D eigenvalue weighted by molar-refractivity contribution is 0.0951. The van der Waals surface area contributed by atoms with Crippen LogP contribution in [0.5, 0.6) is 0 Å². The second-order valence-electron chi connectivity index (χ2n) is 5.96. The highest BCUT2D eigenvalue weighted by Crippen LogP contribution is 2.30. The van der Waals surface area contributed by atoms with Crippen molar-refractivity contribution in [2.75, 3.05) is 5.73 Å². The zero-order valence-electron chi connectivity index (χ0n) is 14.9. The van der Waals surface area contributed by atoms with Crippen molar-refractivity contribution in [2.24, 2.45) is 0 Å². The van der Waals surface area contributed by atoms with Gasteiger partial charge in [-0.25, -0.2) is 4.98 Å². The average Bonchev–Trinajstić information content (AvgIpc) is 2.67. The first-order valence-corrected chi connectivity index (χ1v) is 9.43. The van der Waals surface area contributed by atoms with E-state index >= 15 is 0 Å². The molecule has 1 amide bonds. The number of amides is 1. The zero-order chi connectivity index (χ0) is 19.2. The standard InChI is InChI=1S/C21H20FN3OS/c1-2-15-5-3-4-6-18(15)27-16-9-7-14(8-10-16)13-24-21(26)17-11-12-19(22)25-20(17)23/h3-12H,2,13H2,1H3,(H2,23,25)(H,24,26). The van der Waals surface area contributed by atoms with Crippen molar-refractivity contribution >= 4 is 23.5 Å². The van der Waals surface area contributed by atoms with E-state index in [0.29, 0.717) is 6.54 Å². The first-order valence-electron chi connectivity index (χ1n) is 8.61. The number of nitrogens with zero attached hydrogens (tertiary/aromatic N) is 1. The van der Waals surface area contributed by atoms with Gasteiger partial charge in [-0.3, -0.25) is 4.79 Å². The van der Waals surface area contributed by atoms with Crippen molar-refractivity contribution in [1.82, 2.24) is 10.3 Å². The molecule has 1 aromatic heterocycles. The second-order valence-corrected chi connectivity index (χ2v) is 7.07. The minimum Gasteiger partial charge on any atom is -0.383 e. The van der Waals surface area contributed by atoms with Crippen LogP contribution in [0.3, 0.4) is 0 Å². The van der Waals surface area contributed by atoms with Crippen LogP contribution in [-0.2, 0) is 13.0 Å². The van der Waals surface area contributed by atoms with Crippen molar-refractivity contribution in [3.63, 3.8) is 0 Å². The molecular formula is C21H20FN3OS. The second kappa shape index (κ2) is 8.68. The predicted molar refractivity (Wildman–Crippen MR) is 106 cm³/mol. The van der Waals surface area contributed by atoms with E-state index in [1.165, 1.54) is 16.5 Å². The number of nitrogen functional groups attached to an aromatic ring is 1. The minimum atomic E-state index is -0.707. The van der Waals surface area contributed by atoms with Gasteiger partial charge in [-0.1, -0.05) is 49.0 Å².